The highest BCUT2D eigenvalue weighted by Crippen LogP contribution is 2.35. The second-order valence-electron chi connectivity index (χ2n) is 5.57. The topological polar surface area (TPSA) is 81.7 Å². The maximum atomic E-state index is 11.9. The van der Waals surface area contributed by atoms with Crippen LogP contribution in [-0.4, -0.2) is 33.9 Å². The first-order valence-electron chi connectivity index (χ1n) is 7.36. The third-order valence-electron chi connectivity index (χ3n) is 3.62. The second kappa shape index (κ2) is 7.53. The van der Waals surface area contributed by atoms with Gasteiger partial charge in [-0.2, -0.15) is 0 Å². The van der Waals surface area contributed by atoms with E-state index in [9.17, 15) is 13.2 Å². The van der Waals surface area contributed by atoms with Crippen LogP contribution in [0.3, 0.4) is 0 Å². The van der Waals surface area contributed by atoms with Gasteiger partial charge in [0.15, 0.2) is 0 Å². The van der Waals surface area contributed by atoms with Crippen molar-refractivity contribution in [2.75, 3.05) is 18.1 Å². The Morgan fingerprint density at radius 2 is 1.91 bits per heavy atom. The summed E-state index contributed by atoms with van der Waals surface area (Å²) in [4.78, 5) is 11.9. The van der Waals surface area contributed by atoms with Gasteiger partial charge < -0.3 is 9.47 Å². The van der Waals surface area contributed by atoms with Crippen molar-refractivity contribution in [3.05, 3.63) is 22.2 Å². The number of halogens is 1. The van der Waals surface area contributed by atoms with Crippen LogP contribution >= 0.6 is 15.9 Å². The summed E-state index contributed by atoms with van der Waals surface area (Å²) in [6.45, 7) is 0. The predicted molar refractivity (Wildman–Crippen MR) is 91.4 cm³/mol. The monoisotopic (exact) mass is 405 g/mol. The van der Waals surface area contributed by atoms with Gasteiger partial charge in [0.2, 0.25) is 10.0 Å². The highest BCUT2D eigenvalue weighted by molar-refractivity contribution is 9.10. The third kappa shape index (κ3) is 5.10. The number of hydrogen-bond donors (Lipinski definition) is 1. The van der Waals surface area contributed by atoms with Gasteiger partial charge in [-0.1, -0.05) is 6.42 Å². The lowest BCUT2D eigenvalue weighted by molar-refractivity contribution is 0.0600. The van der Waals surface area contributed by atoms with Gasteiger partial charge >= 0.3 is 5.97 Å². The van der Waals surface area contributed by atoms with E-state index in [1.54, 1.807) is 0 Å². The van der Waals surface area contributed by atoms with Crippen LogP contribution in [-0.2, 0) is 14.8 Å². The van der Waals surface area contributed by atoms with Crippen molar-refractivity contribution in [3.8, 4) is 5.75 Å². The van der Waals surface area contributed by atoms with E-state index in [4.69, 9.17) is 9.47 Å². The molecule has 1 aliphatic rings. The van der Waals surface area contributed by atoms with Crippen LogP contribution in [0, 0.1) is 0 Å². The van der Waals surface area contributed by atoms with Crippen molar-refractivity contribution in [3.63, 3.8) is 0 Å². The number of carbonyl (C=O) groups is 1. The van der Waals surface area contributed by atoms with Gasteiger partial charge in [0, 0.05) is 0 Å². The molecule has 23 heavy (non-hydrogen) atoms. The molecule has 1 saturated carbocycles. The lowest BCUT2D eigenvalue weighted by Gasteiger charge is -2.24. The van der Waals surface area contributed by atoms with Crippen LogP contribution in [0.5, 0.6) is 5.75 Å². The Bertz CT molecular complexity index is 683. The molecule has 1 N–H and O–H groups in total. The Kier molecular flexibility index (Phi) is 5.91. The summed E-state index contributed by atoms with van der Waals surface area (Å²) >= 11 is 3.37. The van der Waals surface area contributed by atoms with Crippen LogP contribution < -0.4 is 9.46 Å². The molecule has 0 aliphatic heterocycles. The number of nitrogens with one attached hydrogen (secondary N) is 1. The third-order valence-corrected chi connectivity index (χ3v) is 4.83. The molecule has 1 aromatic carbocycles. The maximum absolute atomic E-state index is 11.9. The summed E-state index contributed by atoms with van der Waals surface area (Å²) in [7, 11) is -2.27. The minimum absolute atomic E-state index is 0.110. The number of ether oxygens (including phenoxy) is 2. The van der Waals surface area contributed by atoms with Gasteiger partial charge in [0.05, 0.1) is 35.2 Å². The summed E-state index contributed by atoms with van der Waals surface area (Å²) in [6.07, 6.45) is 6.55. The summed E-state index contributed by atoms with van der Waals surface area (Å²) < 4.78 is 36.5. The Labute approximate surface area is 144 Å². The minimum atomic E-state index is -3.52. The highest BCUT2D eigenvalue weighted by atomic mass is 79.9. The fourth-order valence-corrected chi connectivity index (χ4v) is 3.57. The van der Waals surface area contributed by atoms with Gasteiger partial charge in [-0.15, -0.1) is 0 Å². The van der Waals surface area contributed by atoms with Crippen molar-refractivity contribution >= 4 is 37.6 Å². The fraction of sp³-hybridized carbons (Fsp3) is 0.533. The quantitative estimate of drug-likeness (QED) is 0.759. The van der Waals surface area contributed by atoms with Crippen LogP contribution in [0.4, 0.5) is 5.69 Å². The SMILES string of the molecule is COC(=O)c1cc(OC2CCCCC2)c(Br)cc1NS(C)(=O)=O. The molecule has 6 nitrogen and oxygen atoms in total. The number of sulfonamides is 1. The van der Waals surface area contributed by atoms with E-state index in [1.807, 2.05) is 0 Å². The van der Waals surface area contributed by atoms with E-state index in [-0.39, 0.29) is 17.4 Å². The molecule has 1 aromatic rings. The second-order valence-corrected chi connectivity index (χ2v) is 8.17. The molecule has 0 spiro atoms. The molecule has 0 atom stereocenters. The average Bonchev–Trinajstić information content (AvgIpc) is 2.48. The lowest BCUT2D eigenvalue weighted by Crippen LogP contribution is -2.20. The number of hydrogen-bond acceptors (Lipinski definition) is 5. The highest BCUT2D eigenvalue weighted by Gasteiger charge is 2.21. The first-order chi connectivity index (χ1) is 10.8. The Morgan fingerprint density at radius 3 is 2.48 bits per heavy atom. The van der Waals surface area contributed by atoms with Gasteiger partial charge in [0.25, 0.3) is 0 Å². The fourth-order valence-electron chi connectivity index (χ4n) is 2.57. The van der Waals surface area contributed by atoms with E-state index < -0.39 is 16.0 Å². The number of carbonyl (C=O) groups excluding carboxylic acids is 1. The zero-order chi connectivity index (χ0) is 17.0. The standard InChI is InChI=1S/C15H20BrNO5S/c1-21-15(18)11-8-14(22-10-6-4-3-5-7-10)12(16)9-13(11)17-23(2,19)20/h8-10,17H,3-7H2,1-2H3. The molecule has 0 radical (unpaired) electrons. The van der Waals surface area contributed by atoms with Crippen LogP contribution in [0.25, 0.3) is 0 Å². The number of esters is 1. The normalized spacial score (nSPS) is 16.0. The summed E-state index contributed by atoms with van der Waals surface area (Å²) in [6, 6.07) is 3.03. The van der Waals surface area contributed by atoms with Crippen LogP contribution in [0.1, 0.15) is 42.5 Å². The average molecular weight is 406 g/mol. The molecule has 0 aromatic heterocycles. The number of anilines is 1. The first-order valence-corrected chi connectivity index (χ1v) is 10.0. The first kappa shape index (κ1) is 18.1. The molecular formula is C15H20BrNO5S. The lowest BCUT2D eigenvalue weighted by atomic mass is 9.98. The van der Waals surface area contributed by atoms with Crippen LogP contribution in [0.2, 0.25) is 0 Å². The smallest absolute Gasteiger partial charge is 0.340 e. The Balaban J connectivity index is 2.34. The van der Waals surface area contributed by atoms with E-state index in [0.29, 0.717) is 10.2 Å². The number of rotatable bonds is 5. The largest absolute Gasteiger partial charge is 0.489 e. The van der Waals surface area contributed by atoms with Gasteiger partial charge in [-0.3, -0.25) is 4.72 Å². The van der Waals surface area contributed by atoms with Crippen molar-refractivity contribution in [2.24, 2.45) is 0 Å². The molecule has 0 amide bonds. The Morgan fingerprint density at radius 1 is 1.26 bits per heavy atom. The molecular weight excluding hydrogens is 386 g/mol. The minimum Gasteiger partial charge on any atom is -0.489 e. The van der Waals surface area contributed by atoms with Crippen LogP contribution in [0.15, 0.2) is 16.6 Å². The summed E-state index contributed by atoms with van der Waals surface area (Å²) in [5.41, 5.74) is 0.272. The number of benzene rings is 1. The molecule has 0 saturated heterocycles. The predicted octanol–water partition coefficient (Wildman–Crippen LogP) is 3.32. The molecule has 0 bridgehead atoms. The van der Waals surface area contributed by atoms with Crippen molar-refractivity contribution in [1.82, 2.24) is 0 Å². The van der Waals surface area contributed by atoms with Gasteiger partial charge in [0.1, 0.15) is 5.75 Å². The van der Waals surface area contributed by atoms with E-state index in [1.165, 1.54) is 25.7 Å². The van der Waals surface area contributed by atoms with Gasteiger partial charge in [-0.05, 0) is 53.7 Å². The molecule has 1 fully saturated rings. The molecule has 0 unspecified atom stereocenters. The molecule has 128 valence electrons. The maximum Gasteiger partial charge on any atom is 0.340 e. The van der Waals surface area contributed by atoms with Crippen molar-refractivity contribution in [2.45, 2.75) is 38.2 Å². The summed E-state index contributed by atoms with van der Waals surface area (Å²) in [5, 5.41) is 0. The molecule has 8 heteroatoms. The van der Waals surface area contributed by atoms with E-state index in [2.05, 4.69) is 20.7 Å². The van der Waals surface area contributed by atoms with E-state index in [0.717, 1.165) is 31.9 Å². The summed E-state index contributed by atoms with van der Waals surface area (Å²) in [5.74, 6) is -0.117. The van der Waals surface area contributed by atoms with Gasteiger partial charge in [-0.25, -0.2) is 13.2 Å². The van der Waals surface area contributed by atoms with E-state index >= 15 is 0 Å². The molecule has 2 rings (SSSR count). The van der Waals surface area contributed by atoms with Crippen molar-refractivity contribution in [1.29, 1.82) is 0 Å². The number of methoxy groups -OCH3 is 1. The zero-order valence-electron chi connectivity index (χ0n) is 13.1. The molecule has 0 heterocycles. The van der Waals surface area contributed by atoms with Crippen molar-refractivity contribution < 1.29 is 22.7 Å². The Hall–Kier alpha value is -1.28. The zero-order valence-corrected chi connectivity index (χ0v) is 15.5. The molecule has 1 aliphatic carbocycles.